The van der Waals surface area contributed by atoms with Crippen molar-refractivity contribution in [2.45, 2.75) is 6.54 Å². The zero-order valence-electron chi connectivity index (χ0n) is 15.1. The molecule has 1 amide bonds. The van der Waals surface area contributed by atoms with Crippen LogP contribution in [-0.2, 0) is 11.3 Å². The summed E-state index contributed by atoms with van der Waals surface area (Å²) in [5.74, 6) is -0.494. The average Bonchev–Trinajstić information content (AvgIpc) is 3.15. The number of amides is 1. The molecule has 10 heteroatoms. The molecule has 0 saturated carbocycles. The minimum Gasteiger partial charge on any atom is -0.433 e. The van der Waals surface area contributed by atoms with Gasteiger partial charge in [0.05, 0.1) is 11.0 Å². The van der Waals surface area contributed by atoms with Gasteiger partial charge in [-0.25, -0.2) is 9.78 Å². The number of pyridine rings is 2. The number of carbonyl (C=O) groups excluding carboxylic acids is 2. The van der Waals surface area contributed by atoms with Gasteiger partial charge >= 0.3 is 6.09 Å². The van der Waals surface area contributed by atoms with Crippen LogP contribution in [0, 0.1) is 0 Å². The topological polar surface area (TPSA) is 134 Å². The lowest BCUT2D eigenvalue weighted by Gasteiger charge is -2.07. The molecule has 3 N–H and O–H groups in total. The van der Waals surface area contributed by atoms with Crippen LogP contribution in [-0.4, -0.2) is 37.7 Å². The van der Waals surface area contributed by atoms with Crippen LogP contribution >= 0.6 is 0 Å². The van der Waals surface area contributed by atoms with Gasteiger partial charge in [0.25, 0.3) is 11.5 Å². The molecule has 0 atom stereocenters. The molecule has 146 valence electrons. The molecule has 0 aliphatic heterocycles. The Morgan fingerprint density at radius 2 is 2.03 bits per heavy atom. The van der Waals surface area contributed by atoms with Crippen molar-refractivity contribution in [2.75, 3.05) is 6.73 Å². The highest BCUT2D eigenvalue weighted by Crippen LogP contribution is 2.15. The number of carbonyl (C=O) groups is 2. The SMILES string of the molecule is NCOC(=O)n1ccc2ncc(CNC(=O)c3cc(=O)n4ccccc4n3)cc21. The van der Waals surface area contributed by atoms with Gasteiger partial charge in [-0.15, -0.1) is 0 Å². The van der Waals surface area contributed by atoms with E-state index in [-0.39, 0.29) is 24.5 Å². The highest BCUT2D eigenvalue weighted by molar-refractivity contribution is 5.92. The molecular formula is C19H16N6O4. The second-order valence-electron chi connectivity index (χ2n) is 6.10. The first-order valence-electron chi connectivity index (χ1n) is 8.66. The minimum atomic E-state index is -0.619. The molecule has 0 bridgehead atoms. The largest absolute Gasteiger partial charge is 0.433 e. The highest BCUT2D eigenvalue weighted by atomic mass is 16.6. The van der Waals surface area contributed by atoms with E-state index in [4.69, 9.17) is 10.5 Å². The van der Waals surface area contributed by atoms with Gasteiger partial charge in [-0.2, -0.15) is 0 Å². The summed E-state index contributed by atoms with van der Waals surface area (Å²) in [4.78, 5) is 45.0. The van der Waals surface area contributed by atoms with Crippen molar-refractivity contribution >= 4 is 28.7 Å². The number of hydrogen-bond donors (Lipinski definition) is 2. The summed E-state index contributed by atoms with van der Waals surface area (Å²) in [6.45, 7) is -0.102. The summed E-state index contributed by atoms with van der Waals surface area (Å²) in [5.41, 5.74) is 7.07. The van der Waals surface area contributed by atoms with Crippen molar-refractivity contribution in [1.29, 1.82) is 0 Å². The van der Waals surface area contributed by atoms with Gasteiger partial charge in [-0.05, 0) is 29.8 Å². The maximum absolute atomic E-state index is 12.5. The van der Waals surface area contributed by atoms with Crippen molar-refractivity contribution in [2.24, 2.45) is 5.73 Å². The third kappa shape index (κ3) is 3.56. The number of nitrogens with zero attached hydrogens (tertiary/aromatic N) is 4. The fourth-order valence-electron chi connectivity index (χ4n) is 2.89. The number of nitrogens with one attached hydrogen (secondary N) is 1. The highest BCUT2D eigenvalue weighted by Gasteiger charge is 2.13. The van der Waals surface area contributed by atoms with Crippen LogP contribution in [0.3, 0.4) is 0 Å². The Kier molecular flexibility index (Phi) is 4.75. The Bertz CT molecular complexity index is 1290. The predicted molar refractivity (Wildman–Crippen MR) is 103 cm³/mol. The molecule has 0 radical (unpaired) electrons. The second-order valence-corrected chi connectivity index (χ2v) is 6.10. The van der Waals surface area contributed by atoms with E-state index in [1.165, 1.54) is 21.2 Å². The summed E-state index contributed by atoms with van der Waals surface area (Å²) in [5, 5.41) is 2.70. The molecule has 4 aromatic heterocycles. The van der Waals surface area contributed by atoms with Crippen molar-refractivity contribution in [3.63, 3.8) is 0 Å². The van der Waals surface area contributed by atoms with Crippen LogP contribution in [0.1, 0.15) is 16.1 Å². The minimum absolute atomic E-state index is 0.0186. The molecule has 4 aromatic rings. The molecule has 0 unspecified atom stereocenters. The van der Waals surface area contributed by atoms with Crippen LogP contribution in [0.2, 0.25) is 0 Å². The third-order valence-corrected chi connectivity index (χ3v) is 4.26. The number of fused-ring (bicyclic) bond motifs is 2. The molecule has 0 aliphatic carbocycles. The Morgan fingerprint density at radius 1 is 1.17 bits per heavy atom. The van der Waals surface area contributed by atoms with E-state index < -0.39 is 12.0 Å². The first kappa shape index (κ1) is 18.3. The summed E-state index contributed by atoms with van der Waals surface area (Å²) in [6.07, 6.45) is 4.08. The summed E-state index contributed by atoms with van der Waals surface area (Å²) >= 11 is 0. The van der Waals surface area contributed by atoms with Gasteiger partial charge in [0.15, 0.2) is 0 Å². The van der Waals surface area contributed by atoms with E-state index in [0.29, 0.717) is 22.2 Å². The Hall–Kier alpha value is -4.05. The first-order valence-corrected chi connectivity index (χ1v) is 8.66. The molecular weight excluding hydrogens is 376 g/mol. The van der Waals surface area contributed by atoms with E-state index in [9.17, 15) is 14.4 Å². The molecule has 0 spiro atoms. The van der Waals surface area contributed by atoms with Crippen LogP contribution in [0.4, 0.5) is 4.79 Å². The summed E-state index contributed by atoms with van der Waals surface area (Å²) < 4.78 is 7.44. The van der Waals surface area contributed by atoms with E-state index in [0.717, 1.165) is 0 Å². The second kappa shape index (κ2) is 7.52. The maximum Gasteiger partial charge on any atom is 0.419 e. The van der Waals surface area contributed by atoms with Crippen LogP contribution in [0.25, 0.3) is 16.7 Å². The zero-order valence-corrected chi connectivity index (χ0v) is 15.1. The lowest BCUT2D eigenvalue weighted by Crippen LogP contribution is -2.27. The molecule has 10 nitrogen and oxygen atoms in total. The Labute approximate surface area is 163 Å². The lowest BCUT2D eigenvalue weighted by molar-refractivity contribution is 0.0945. The maximum atomic E-state index is 12.5. The van der Waals surface area contributed by atoms with Crippen LogP contribution in [0.5, 0.6) is 0 Å². The fourth-order valence-corrected chi connectivity index (χ4v) is 2.89. The van der Waals surface area contributed by atoms with Crippen molar-refractivity contribution in [3.05, 3.63) is 76.6 Å². The van der Waals surface area contributed by atoms with E-state index in [1.54, 1.807) is 42.7 Å². The van der Waals surface area contributed by atoms with Crippen molar-refractivity contribution in [1.82, 2.24) is 24.3 Å². The van der Waals surface area contributed by atoms with Gasteiger partial charge < -0.3 is 10.1 Å². The summed E-state index contributed by atoms with van der Waals surface area (Å²) in [7, 11) is 0. The summed E-state index contributed by atoms with van der Waals surface area (Å²) in [6, 6.07) is 9.64. The van der Waals surface area contributed by atoms with Crippen LogP contribution in [0.15, 0.2) is 59.8 Å². The monoisotopic (exact) mass is 392 g/mol. The third-order valence-electron chi connectivity index (χ3n) is 4.26. The Morgan fingerprint density at radius 3 is 2.86 bits per heavy atom. The normalized spacial score (nSPS) is 10.9. The quantitative estimate of drug-likeness (QED) is 0.492. The van der Waals surface area contributed by atoms with E-state index >= 15 is 0 Å². The molecule has 0 fully saturated rings. The van der Waals surface area contributed by atoms with E-state index in [2.05, 4.69) is 15.3 Å². The molecule has 4 heterocycles. The first-order chi connectivity index (χ1) is 14.1. The standard InChI is InChI=1S/C19H16N6O4/c20-11-29-19(28)24-6-4-13-15(24)7-12(9-21-13)10-22-18(27)14-8-17(26)25-5-2-1-3-16(25)23-14/h1-9H,10-11,20H2,(H,22,27). The van der Waals surface area contributed by atoms with Gasteiger partial charge in [0.1, 0.15) is 18.1 Å². The van der Waals surface area contributed by atoms with E-state index in [1.807, 2.05) is 0 Å². The number of rotatable bonds is 4. The van der Waals surface area contributed by atoms with Gasteiger partial charge in [0, 0.05) is 31.2 Å². The Balaban J connectivity index is 1.55. The number of aromatic nitrogens is 4. The molecule has 4 rings (SSSR count). The van der Waals surface area contributed by atoms with Gasteiger partial charge in [0.2, 0.25) is 0 Å². The molecule has 0 aliphatic rings. The number of ether oxygens (including phenoxy) is 1. The van der Waals surface area contributed by atoms with Gasteiger partial charge in [-0.1, -0.05) is 6.07 Å². The predicted octanol–water partition coefficient (Wildman–Crippen LogP) is 0.875. The number of nitrogens with two attached hydrogens (primary N) is 1. The van der Waals surface area contributed by atoms with Crippen LogP contribution < -0.4 is 16.6 Å². The lowest BCUT2D eigenvalue weighted by atomic mass is 10.2. The molecule has 29 heavy (non-hydrogen) atoms. The molecule has 0 aromatic carbocycles. The zero-order chi connectivity index (χ0) is 20.4. The fraction of sp³-hybridized carbons (Fsp3) is 0.105. The number of hydrogen-bond acceptors (Lipinski definition) is 7. The van der Waals surface area contributed by atoms with Gasteiger partial charge in [-0.3, -0.25) is 29.3 Å². The average molecular weight is 392 g/mol. The van der Waals surface area contributed by atoms with Crippen molar-refractivity contribution < 1.29 is 14.3 Å². The smallest absolute Gasteiger partial charge is 0.419 e. The van der Waals surface area contributed by atoms with Crippen molar-refractivity contribution in [3.8, 4) is 0 Å². The molecule has 0 saturated heterocycles.